The molecule has 2 unspecified atom stereocenters. The third-order valence-corrected chi connectivity index (χ3v) is 2.87. The summed E-state index contributed by atoms with van der Waals surface area (Å²) in [5.41, 5.74) is 0. The van der Waals surface area contributed by atoms with Crippen LogP contribution in [0.25, 0.3) is 0 Å². The molecule has 1 heterocycles. The van der Waals surface area contributed by atoms with Gasteiger partial charge in [-0.3, -0.25) is 4.79 Å². The van der Waals surface area contributed by atoms with Crippen molar-refractivity contribution < 1.29 is 18.0 Å². The summed E-state index contributed by atoms with van der Waals surface area (Å²) >= 11 is 0. The molecule has 0 spiro atoms. The Morgan fingerprint density at radius 2 is 2.19 bits per heavy atom. The van der Waals surface area contributed by atoms with E-state index in [1.165, 1.54) is 0 Å². The van der Waals surface area contributed by atoms with Crippen LogP contribution in [0.2, 0.25) is 0 Å². The van der Waals surface area contributed by atoms with Gasteiger partial charge < -0.3 is 10.6 Å². The standard InChI is InChI=1S/C10H17F3N2O/c1-2-7-3-4-14-8(5-7)9(16)15-6-10(11,12)13/h7-8,14H,2-6H2,1H3,(H,15,16). The molecule has 1 aliphatic rings. The normalized spacial score (nSPS) is 26.5. The molecule has 0 bridgehead atoms. The predicted octanol–water partition coefficient (Wildman–Crippen LogP) is 1.44. The average Bonchev–Trinajstić information content (AvgIpc) is 2.25. The number of piperidine rings is 1. The van der Waals surface area contributed by atoms with E-state index in [0.717, 1.165) is 12.8 Å². The Labute approximate surface area is 92.8 Å². The summed E-state index contributed by atoms with van der Waals surface area (Å²) in [6, 6.07) is -0.471. The van der Waals surface area contributed by atoms with Gasteiger partial charge in [0.05, 0.1) is 6.04 Å². The van der Waals surface area contributed by atoms with E-state index >= 15 is 0 Å². The summed E-state index contributed by atoms with van der Waals surface area (Å²) in [7, 11) is 0. The Bertz CT molecular complexity index is 243. The quantitative estimate of drug-likeness (QED) is 0.781. The predicted molar refractivity (Wildman–Crippen MR) is 53.9 cm³/mol. The number of hydrogen-bond acceptors (Lipinski definition) is 2. The maximum absolute atomic E-state index is 11.9. The Kier molecular flexibility index (Phi) is 4.58. The minimum Gasteiger partial charge on any atom is -0.346 e. The molecule has 1 rings (SSSR count). The van der Waals surface area contributed by atoms with E-state index < -0.39 is 24.7 Å². The van der Waals surface area contributed by atoms with Gasteiger partial charge in [0.1, 0.15) is 6.54 Å². The molecule has 2 N–H and O–H groups in total. The molecule has 0 aromatic heterocycles. The summed E-state index contributed by atoms with van der Waals surface area (Å²) < 4.78 is 35.7. The summed E-state index contributed by atoms with van der Waals surface area (Å²) in [4.78, 5) is 11.4. The molecule has 1 fully saturated rings. The van der Waals surface area contributed by atoms with E-state index in [9.17, 15) is 18.0 Å². The van der Waals surface area contributed by atoms with Gasteiger partial charge in [0.15, 0.2) is 0 Å². The van der Waals surface area contributed by atoms with Crippen LogP contribution in [0.3, 0.4) is 0 Å². The van der Waals surface area contributed by atoms with E-state index in [2.05, 4.69) is 5.32 Å². The van der Waals surface area contributed by atoms with Crippen molar-refractivity contribution >= 4 is 5.91 Å². The summed E-state index contributed by atoms with van der Waals surface area (Å²) in [5, 5.41) is 4.85. The summed E-state index contributed by atoms with van der Waals surface area (Å²) in [5.74, 6) is -0.113. The third kappa shape index (κ3) is 4.38. The fraction of sp³-hybridized carbons (Fsp3) is 0.900. The van der Waals surface area contributed by atoms with Gasteiger partial charge in [-0.15, -0.1) is 0 Å². The number of carbonyl (C=O) groups excluding carboxylic acids is 1. The van der Waals surface area contributed by atoms with Crippen molar-refractivity contribution in [1.82, 2.24) is 10.6 Å². The molecule has 1 amide bonds. The highest BCUT2D eigenvalue weighted by Gasteiger charge is 2.31. The van der Waals surface area contributed by atoms with Crippen LogP contribution in [-0.4, -0.2) is 31.2 Å². The Hall–Kier alpha value is -0.780. The van der Waals surface area contributed by atoms with Crippen LogP contribution in [0.15, 0.2) is 0 Å². The SMILES string of the molecule is CCC1CCNC(C(=O)NCC(F)(F)F)C1. The van der Waals surface area contributed by atoms with Crippen LogP contribution < -0.4 is 10.6 Å². The van der Waals surface area contributed by atoms with Gasteiger partial charge in [-0.25, -0.2) is 0 Å². The third-order valence-electron chi connectivity index (χ3n) is 2.87. The van der Waals surface area contributed by atoms with E-state index in [1.807, 2.05) is 12.2 Å². The Morgan fingerprint density at radius 1 is 1.50 bits per heavy atom. The Balaban J connectivity index is 2.36. The molecule has 6 heteroatoms. The lowest BCUT2D eigenvalue weighted by Crippen LogP contribution is -2.50. The van der Waals surface area contributed by atoms with Gasteiger partial charge in [0.2, 0.25) is 5.91 Å². The number of halogens is 3. The van der Waals surface area contributed by atoms with Crippen molar-refractivity contribution in [1.29, 1.82) is 0 Å². The number of rotatable bonds is 3. The van der Waals surface area contributed by atoms with Crippen LogP contribution in [-0.2, 0) is 4.79 Å². The second-order valence-corrected chi connectivity index (χ2v) is 4.14. The first kappa shape index (κ1) is 13.3. The number of nitrogens with one attached hydrogen (secondary N) is 2. The van der Waals surface area contributed by atoms with Crippen LogP contribution in [0.4, 0.5) is 13.2 Å². The average molecular weight is 238 g/mol. The molecule has 3 nitrogen and oxygen atoms in total. The molecule has 0 saturated carbocycles. The van der Waals surface area contributed by atoms with E-state index in [1.54, 1.807) is 0 Å². The van der Waals surface area contributed by atoms with E-state index in [0.29, 0.717) is 18.9 Å². The fourth-order valence-electron chi connectivity index (χ4n) is 1.88. The first-order valence-corrected chi connectivity index (χ1v) is 5.50. The van der Waals surface area contributed by atoms with Gasteiger partial charge in [-0.05, 0) is 25.3 Å². The Morgan fingerprint density at radius 3 is 2.75 bits per heavy atom. The van der Waals surface area contributed by atoms with Crippen molar-refractivity contribution in [2.75, 3.05) is 13.1 Å². The highest BCUT2D eigenvalue weighted by atomic mass is 19.4. The lowest BCUT2D eigenvalue weighted by molar-refractivity contribution is -0.140. The van der Waals surface area contributed by atoms with Crippen molar-refractivity contribution in [2.45, 2.75) is 38.4 Å². The maximum Gasteiger partial charge on any atom is 0.405 e. The van der Waals surface area contributed by atoms with Crippen molar-refractivity contribution in [3.05, 3.63) is 0 Å². The zero-order chi connectivity index (χ0) is 12.2. The zero-order valence-electron chi connectivity index (χ0n) is 9.23. The highest BCUT2D eigenvalue weighted by molar-refractivity contribution is 5.81. The van der Waals surface area contributed by atoms with Gasteiger partial charge in [0, 0.05) is 0 Å². The number of amides is 1. The molecular weight excluding hydrogens is 221 g/mol. The minimum absolute atomic E-state index is 0.433. The van der Waals surface area contributed by atoms with Crippen molar-refractivity contribution in [3.63, 3.8) is 0 Å². The molecule has 0 aromatic rings. The molecule has 94 valence electrons. The molecular formula is C10H17F3N2O. The first-order chi connectivity index (χ1) is 7.42. The molecule has 1 saturated heterocycles. The van der Waals surface area contributed by atoms with Gasteiger partial charge in [0.25, 0.3) is 0 Å². The maximum atomic E-state index is 11.9. The van der Waals surface area contributed by atoms with E-state index in [-0.39, 0.29) is 0 Å². The topological polar surface area (TPSA) is 41.1 Å². The van der Waals surface area contributed by atoms with Crippen LogP contribution in [0.5, 0.6) is 0 Å². The monoisotopic (exact) mass is 238 g/mol. The number of hydrogen-bond donors (Lipinski definition) is 2. The van der Waals surface area contributed by atoms with Crippen molar-refractivity contribution in [3.8, 4) is 0 Å². The molecule has 1 aliphatic heterocycles. The molecule has 0 aromatic carbocycles. The number of carbonyl (C=O) groups is 1. The first-order valence-electron chi connectivity index (χ1n) is 5.50. The zero-order valence-corrected chi connectivity index (χ0v) is 9.23. The van der Waals surface area contributed by atoms with Gasteiger partial charge in [-0.1, -0.05) is 13.3 Å². The molecule has 16 heavy (non-hydrogen) atoms. The highest BCUT2D eigenvalue weighted by Crippen LogP contribution is 2.19. The lowest BCUT2D eigenvalue weighted by Gasteiger charge is -2.28. The van der Waals surface area contributed by atoms with Gasteiger partial charge in [-0.2, -0.15) is 13.2 Å². The fourth-order valence-corrected chi connectivity index (χ4v) is 1.88. The second kappa shape index (κ2) is 5.52. The van der Waals surface area contributed by atoms with E-state index in [4.69, 9.17) is 0 Å². The molecule has 0 radical (unpaired) electrons. The van der Waals surface area contributed by atoms with Gasteiger partial charge >= 0.3 is 6.18 Å². The van der Waals surface area contributed by atoms with Crippen LogP contribution in [0, 0.1) is 5.92 Å². The minimum atomic E-state index is -4.34. The summed E-state index contributed by atoms with van der Waals surface area (Å²) in [6.45, 7) is 1.48. The largest absolute Gasteiger partial charge is 0.405 e. The smallest absolute Gasteiger partial charge is 0.346 e. The second-order valence-electron chi connectivity index (χ2n) is 4.14. The van der Waals surface area contributed by atoms with Crippen molar-refractivity contribution in [2.24, 2.45) is 5.92 Å². The van der Waals surface area contributed by atoms with Crippen LogP contribution >= 0.6 is 0 Å². The number of alkyl halides is 3. The molecule has 0 aliphatic carbocycles. The molecule has 2 atom stereocenters. The lowest BCUT2D eigenvalue weighted by atomic mass is 9.90. The van der Waals surface area contributed by atoms with Crippen LogP contribution in [0.1, 0.15) is 26.2 Å². The summed E-state index contributed by atoms with van der Waals surface area (Å²) in [6.07, 6.45) is -1.76.